The zero-order valence-corrected chi connectivity index (χ0v) is 19.5. The van der Waals surface area contributed by atoms with Gasteiger partial charge in [0.15, 0.2) is 5.82 Å². The summed E-state index contributed by atoms with van der Waals surface area (Å²) in [4.78, 5) is 39.2. The van der Waals surface area contributed by atoms with Gasteiger partial charge in [0.05, 0.1) is 19.6 Å². The molecule has 0 bridgehead atoms. The van der Waals surface area contributed by atoms with E-state index in [4.69, 9.17) is 14.5 Å². The average molecular weight is 453 g/mol. The van der Waals surface area contributed by atoms with Gasteiger partial charge in [-0.3, -0.25) is 9.59 Å². The van der Waals surface area contributed by atoms with Gasteiger partial charge in [0.25, 0.3) is 5.91 Å². The van der Waals surface area contributed by atoms with Crippen molar-refractivity contribution in [1.29, 1.82) is 0 Å². The van der Waals surface area contributed by atoms with Crippen LogP contribution in [0.2, 0.25) is 0 Å². The van der Waals surface area contributed by atoms with Crippen LogP contribution in [-0.2, 0) is 9.53 Å². The highest BCUT2D eigenvalue weighted by molar-refractivity contribution is 5.99. The third-order valence-electron chi connectivity index (χ3n) is 6.33. The molecule has 3 heterocycles. The van der Waals surface area contributed by atoms with Gasteiger partial charge >= 0.3 is 5.97 Å². The number of anilines is 1. The third kappa shape index (κ3) is 5.26. The smallest absolute Gasteiger partial charge is 0.310 e. The topological polar surface area (TPSA) is 84.9 Å². The normalized spacial score (nSPS) is 18.7. The zero-order chi connectivity index (χ0) is 23.2. The molecule has 1 aromatic heterocycles. The SMILES string of the molecule is CCOC(=O)C1CCCN(C(=O)c2cnc(-c3ccc(OC)cc3)nc2N2CCCCC2)C1. The molecule has 1 unspecified atom stereocenters. The molecule has 0 radical (unpaired) electrons. The highest BCUT2D eigenvalue weighted by Gasteiger charge is 2.32. The summed E-state index contributed by atoms with van der Waals surface area (Å²) >= 11 is 0. The molecule has 8 nitrogen and oxygen atoms in total. The third-order valence-corrected chi connectivity index (χ3v) is 6.33. The van der Waals surface area contributed by atoms with Gasteiger partial charge in [0.1, 0.15) is 17.1 Å². The zero-order valence-electron chi connectivity index (χ0n) is 19.5. The van der Waals surface area contributed by atoms with Crippen LogP contribution in [0.25, 0.3) is 11.4 Å². The van der Waals surface area contributed by atoms with Crippen molar-refractivity contribution in [1.82, 2.24) is 14.9 Å². The number of carbonyl (C=O) groups is 2. The summed E-state index contributed by atoms with van der Waals surface area (Å²) in [6.07, 6.45) is 6.50. The van der Waals surface area contributed by atoms with Crippen molar-refractivity contribution in [2.75, 3.05) is 44.8 Å². The molecule has 2 aromatic rings. The quantitative estimate of drug-likeness (QED) is 0.620. The highest BCUT2D eigenvalue weighted by Crippen LogP contribution is 2.28. The van der Waals surface area contributed by atoms with E-state index < -0.39 is 0 Å². The summed E-state index contributed by atoms with van der Waals surface area (Å²) in [6, 6.07) is 7.59. The second kappa shape index (κ2) is 10.6. The van der Waals surface area contributed by atoms with Crippen LogP contribution in [0.15, 0.2) is 30.5 Å². The fourth-order valence-electron chi connectivity index (χ4n) is 4.53. The summed E-state index contributed by atoms with van der Waals surface area (Å²) in [7, 11) is 1.63. The van der Waals surface area contributed by atoms with Gasteiger partial charge in [-0.05, 0) is 63.3 Å². The number of rotatable bonds is 6. The van der Waals surface area contributed by atoms with Crippen molar-refractivity contribution < 1.29 is 19.1 Å². The number of hydrogen-bond donors (Lipinski definition) is 0. The second-order valence-corrected chi connectivity index (χ2v) is 8.55. The number of benzene rings is 1. The van der Waals surface area contributed by atoms with Gasteiger partial charge in [0.2, 0.25) is 0 Å². The monoisotopic (exact) mass is 452 g/mol. The molecule has 0 aliphatic carbocycles. The fraction of sp³-hybridized carbons (Fsp3) is 0.520. The minimum atomic E-state index is -0.277. The Morgan fingerprint density at radius 1 is 1.06 bits per heavy atom. The highest BCUT2D eigenvalue weighted by atomic mass is 16.5. The molecular formula is C25H32N4O4. The number of hydrogen-bond acceptors (Lipinski definition) is 7. The molecule has 33 heavy (non-hydrogen) atoms. The lowest BCUT2D eigenvalue weighted by molar-refractivity contribution is -0.149. The molecule has 4 rings (SSSR count). The molecule has 8 heteroatoms. The van der Waals surface area contributed by atoms with Crippen LogP contribution in [0.5, 0.6) is 5.75 Å². The van der Waals surface area contributed by atoms with Crippen LogP contribution in [0.1, 0.15) is 49.4 Å². The summed E-state index contributed by atoms with van der Waals surface area (Å²) in [5, 5.41) is 0. The first-order valence-electron chi connectivity index (χ1n) is 11.8. The number of nitrogens with zero attached hydrogens (tertiary/aromatic N) is 4. The largest absolute Gasteiger partial charge is 0.497 e. The molecule has 1 amide bonds. The lowest BCUT2D eigenvalue weighted by Crippen LogP contribution is -2.43. The van der Waals surface area contributed by atoms with Gasteiger partial charge in [-0.2, -0.15) is 0 Å². The van der Waals surface area contributed by atoms with Crippen molar-refractivity contribution in [2.45, 2.75) is 39.0 Å². The first-order valence-corrected chi connectivity index (χ1v) is 11.8. The Morgan fingerprint density at radius 3 is 2.52 bits per heavy atom. The fourth-order valence-corrected chi connectivity index (χ4v) is 4.53. The lowest BCUT2D eigenvalue weighted by atomic mass is 9.97. The molecule has 2 aliphatic heterocycles. The number of aromatic nitrogens is 2. The number of methoxy groups -OCH3 is 1. The summed E-state index contributed by atoms with van der Waals surface area (Å²) in [5.41, 5.74) is 1.37. The first kappa shape index (κ1) is 23.0. The van der Waals surface area contributed by atoms with Crippen LogP contribution < -0.4 is 9.64 Å². The number of amides is 1. The summed E-state index contributed by atoms with van der Waals surface area (Å²) in [5.74, 6) is 1.41. The van der Waals surface area contributed by atoms with Crippen molar-refractivity contribution >= 4 is 17.7 Å². The molecule has 0 saturated carbocycles. The molecule has 1 atom stereocenters. The second-order valence-electron chi connectivity index (χ2n) is 8.55. The maximum absolute atomic E-state index is 13.6. The van der Waals surface area contributed by atoms with E-state index in [9.17, 15) is 9.59 Å². The molecule has 1 aromatic carbocycles. The lowest BCUT2D eigenvalue weighted by Gasteiger charge is -2.33. The predicted molar refractivity (Wildman–Crippen MR) is 125 cm³/mol. The van der Waals surface area contributed by atoms with E-state index in [-0.39, 0.29) is 17.8 Å². The Hall–Kier alpha value is -3.16. The van der Waals surface area contributed by atoms with Gasteiger partial charge < -0.3 is 19.3 Å². The molecule has 2 fully saturated rings. The maximum Gasteiger partial charge on any atom is 0.310 e. The minimum absolute atomic E-state index is 0.120. The van der Waals surface area contributed by atoms with Gasteiger partial charge in [0, 0.05) is 37.9 Å². The van der Waals surface area contributed by atoms with Gasteiger partial charge in [-0.1, -0.05) is 0 Å². The van der Waals surface area contributed by atoms with E-state index in [0.717, 1.165) is 50.1 Å². The van der Waals surface area contributed by atoms with Crippen LogP contribution in [-0.4, -0.2) is 66.6 Å². The Balaban J connectivity index is 1.63. The summed E-state index contributed by atoms with van der Waals surface area (Å²) in [6.45, 7) is 4.88. The summed E-state index contributed by atoms with van der Waals surface area (Å²) < 4.78 is 10.4. The molecule has 2 saturated heterocycles. The van der Waals surface area contributed by atoms with Crippen LogP contribution in [0.4, 0.5) is 5.82 Å². The van der Waals surface area contributed by atoms with Crippen LogP contribution >= 0.6 is 0 Å². The van der Waals surface area contributed by atoms with E-state index >= 15 is 0 Å². The van der Waals surface area contributed by atoms with Crippen molar-refractivity contribution in [3.63, 3.8) is 0 Å². The molecule has 0 N–H and O–H groups in total. The first-order chi connectivity index (χ1) is 16.1. The number of esters is 1. The standard InChI is InChI=1S/C25H32N4O4/c1-3-33-25(31)19-8-7-15-29(17-19)24(30)21-16-26-22(18-9-11-20(32-2)12-10-18)27-23(21)28-13-5-4-6-14-28/h9-12,16,19H,3-8,13-15,17H2,1-2H3. The van der Waals surface area contributed by atoms with E-state index in [1.807, 2.05) is 24.3 Å². The molecular weight excluding hydrogens is 420 g/mol. The van der Waals surface area contributed by atoms with E-state index in [2.05, 4.69) is 9.88 Å². The van der Waals surface area contributed by atoms with Crippen LogP contribution in [0, 0.1) is 5.92 Å². The van der Waals surface area contributed by atoms with Crippen LogP contribution in [0.3, 0.4) is 0 Å². The van der Waals surface area contributed by atoms with Crippen molar-refractivity contribution in [2.24, 2.45) is 5.92 Å². The Morgan fingerprint density at radius 2 is 1.82 bits per heavy atom. The van der Waals surface area contributed by atoms with E-state index in [0.29, 0.717) is 36.9 Å². The van der Waals surface area contributed by atoms with E-state index in [1.165, 1.54) is 6.42 Å². The van der Waals surface area contributed by atoms with Gasteiger partial charge in [-0.25, -0.2) is 9.97 Å². The molecule has 2 aliphatic rings. The molecule has 176 valence electrons. The number of ether oxygens (including phenoxy) is 2. The predicted octanol–water partition coefficient (Wildman–Crippen LogP) is 3.56. The maximum atomic E-state index is 13.6. The Bertz CT molecular complexity index is 973. The Labute approximate surface area is 194 Å². The number of piperidine rings is 2. The minimum Gasteiger partial charge on any atom is -0.497 e. The van der Waals surface area contributed by atoms with Gasteiger partial charge in [-0.15, -0.1) is 0 Å². The van der Waals surface area contributed by atoms with E-state index in [1.54, 1.807) is 25.1 Å². The van der Waals surface area contributed by atoms with Crippen molar-refractivity contribution in [3.05, 3.63) is 36.0 Å². The number of carbonyl (C=O) groups excluding carboxylic acids is 2. The van der Waals surface area contributed by atoms with Crippen molar-refractivity contribution in [3.8, 4) is 17.1 Å². The molecule has 0 spiro atoms. The number of likely N-dealkylation sites (tertiary alicyclic amines) is 1. The average Bonchev–Trinajstić information content (AvgIpc) is 2.88. The Kier molecular flexibility index (Phi) is 7.42.